The Balaban J connectivity index is 2.14. The maximum absolute atomic E-state index is 12.5. The third-order valence-electron chi connectivity index (χ3n) is 3.48. The first-order valence-electron chi connectivity index (χ1n) is 6.91. The minimum Gasteiger partial charge on any atom is -0.495 e. The lowest BCUT2D eigenvalue weighted by Gasteiger charge is -2.22. The van der Waals surface area contributed by atoms with E-state index in [1.165, 1.54) is 0 Å². The van der Waals surface area contributed by atoms with Crippen molar-refractivity contribution in [2.75, 3.05) is 19.4 Å². The van der Waals surface area contributed by atoms with Crippen molar-refractivity contribution in [2.45, 2.75) is 38.6 Å². The van der Waals surface area contributed by atoms with Gasteiger partial charge >= 0.3 is 0 Å². The second-order valence-corrected chi connectivity index (χ2v) is 5.04. The van der Waals surface area contributed by atoms with Gasteiger partial charge in [-0.2, -0.15) is 0 Å². The normalized spacial score (nSPS) is 14.2. The molecule has 2 N–H and O–H groups in total. The van der Waals surface area contributed by atoms with Gasteiger partial charge in [0.2, 0.25) is 0 Å². The van der Waals surface area contributed by atoms with E-state index in [2.05, 4.69) is 6.92 Å². The van der Waals surface area contributed by atoms with Crippen LogP contribution in [0.1, 0.15) is 43.0 Å². The standard InChI is InChI=1S/C15H22N2O2/c1-3-4-9-17(12-6-7-12)15(18)11-5-8-14(19-2)13(16)10-11/h5,8,10,12H,3-4,6-7,9,16H2,1-2H3. The molecule has 1 aromatic rings. The Morgan fingerprint density at radius 3 is 2.74 bits per heavy atom. The summed E-state index contributed by atoms with van der Waals surface area (Å²) >= 11 is 0. The molecule has 4 nitrogen and oxygen atoms in total. The number of nitrogen functional groups attached to an aromatic ring is 1. The number of carbonyl (C=O) groups excluding carboxylic acids is 1. The second-order valence-electron chi connectivity index (χ2n) is 5.04. The zero-order valence-corrected chi connectivity index (χ0v) is 11.7. The van der Waals surface area contributed by atoms with E-state index in [-0.39, 0.29) is 5.91 Å². The van der Waals surface area contributed by atoms with Crippen LogP contribution in [0.2, 0.25) is 0 Å². The van der Waals surface area contributed by atoms with Crippen molar-refractivity contribution >= 4 is 11.6 Å². The largest absolute Gasteiger partial charge is 0.495 e. The molecule has 0 spiro atoms. The Bertz CT molecular complexity index is 455. The number of methoxy groups -OCH3 is 1. The van der Waals surface area contributed by atoms with Gasteiger partial charge in [-0.15, -0.1) is 0 Å². The van der Waals surface area contributed by atoms with Crippen LogP contribution in [0.15, 0.2) is 18.2 Å². The summed E-state index contributed by atoms with van der Waals surface area (Å²) in [6, 6.07) is 5.69. The Labute approximate surface area is 114 Å². The minimum absolute atomic E-state index is 0.0882. The number of ether oxygens (including phenoxy) is 1. The summed E-state index contributed by atoms with van der Waals surface area (Å²) < 4.78 is 5.11. The van der Waals surface area contributed by atoms with E-state index in [1.807, 2.05) is 4.90 Å². The molecule has 0 radical (unpaired) electrons. The molecule has 4 heteroatoms. The zero-order valence-electron chi connectivity index (χ0n) is 11.7. The van der Waals surface area contributed by atoms with Gasteiger partial charge in [-0.1, -0.05) is 13.3 Å². The molecule has 1 aliphatic rings. The summed E-state index contributed by atoms with van der Waals surface area (Å²) in [5.74, 6) is 0.702. The van der Waals surface area contributed by atoms with E-state index in [1.54, 1.807) is 25.3 Å². The van der Waals surface area contributed by atoms with Crippen molar-refractivity contribution in [3.63, 3.8) is 0 Å². The second kappa shape index (κ2) is 5.95. The number of nitrogens with zero attached hydrogens (tertiary/aromatic N) is 1. The highest BCUT2D eigenvalue weighted by atomic mass is 16.5. The van der Waals surface area contributed by atoms with Crippen LogP contribution in [0.5, 0.6) is 5.75 Å². The predicted molar refractivity (Wildman–Crippen MR) is 76.4 cm³/mol. The number of anilines is 1. The Hall–Kier alpha value is -1.71. The molecule has 1 amide bonds. The van der Waals surface area contributed by atoms with E-state index in [0.29, 0.717) is 23.0 Å². The van der Waals surface area contributed by atoms with E-state index < -0.39 is 0 Å². The van der Waals surface area contributed by atoms with Crippen molar-refractivity contribution in [1.82, 2.24) is 4.90 Å². The third kappa shape index (κ3) is 3.19. The van der Waals surface area contributed by atoms with Crippen molar-refractivity contribution < 1.29 is 9.53 Å². The number of amides is 1. The van der Waals surface area contributed by atoms with Crippen molar-refractivity contribution in [2.24, 2.45) is 0 Å². The topological polar surface area (TPSA) is 55.6 Å². The molecule has 1 aromatic carbocycles. The van der Waals surface area contributed by atoms with Gasteiger partial charge in [0.15, 0.2) is 0 Å². The van der Waals surface area contributed by atoms with Crippen molar-refractivity contribution in [3.8, 4) is 5.75 Å². The fourth-order valence-corrected chi connectivity index (χ4v) is 2.20. The van der Waals surface area contributed by atoms with Crippen LogP contribution >= 0.6 is 0 Å². The molecular formula is C15H22N2O2. The van der Waals surface area contributed by atoms with Crippen LogP contribution in [0.25, 0.3) is 0 Å². The molecule has 104 valence electrons. The lowest BCUT2D eigenvalue weighted by Crippen LogP contribution is -2.34. The number of rotatable bonds is 6. The number of carbonyl (C=O) groups is 1. The maximum atomic E-state index is 12.5. The minimum atomic E-state index is 0.0882. The number of unbranched alkanes of at least 4 members (excludes halogenated alkanes) is 1. The first-order valence-corrected chi connectivity index (χ1v) is 6.91. The fraction of sp³-hybridized carbons (Fsp3) is 0.533. The Kier molecular flexibility index (Phi) is 4.30. The summed E-state index contributed by atoms with van der Waals surface area (Å²) in [6.45, 7) is 2.98. The van der Waals surface area contributed by atoms with Gasteiger partial charge in [0, 0.05) is 18.2 Å². The number of benzene rings is 1. The first-order chi connectivity index (χ1) is 9.17. The Morgan fingerprint density at radius 2 is 2.21 bits per heavy atom. The monoisotopic (exact) mass is 262 g/mol. The molecule has 1 saturated carbocycles. The van der Waals surface area contributed by atoms with Crippen LogP contribution in [0.3, 0.4) is 0 Å². The van der Waals surface area contributed by atoms with Gasteiger partial charge < -0.3 is 15.4 Å². The SMILES string of the molecule is CCCCN(C(=O)c1ccc(OC)c(N)c1)C1CC1. The molecule has 0 heterocycles. The molecular weight excluding hydrogens is 240 g/mol. The van der Waals surface area contributed by atoms with Gasteiger partial charge in [-0.25, -0.2) is 0 Å². The lowest BCUT2D eigenvalue weighted by atomic mass is 10.1. The smallest absolute Gasteiger partial charge is 0.254 e. The first kappa shape index (κ1) is 13.7. The van der Waals surface area contributed by atoms with Gasteiger partial charge in [0.1, 0.15) is 5.75 Å². The van der Waals surface area contributed by atoms with Crippen LogP contribution in [0.4, 0.5) is 5.69 Å². The highest BCUT2D eigenvalue weighted by molar-refractivity contribution is 5.95. The highest BCUT2D eigenvalue weighted by Gasteiger charge is 2.32. The summed E-state index contributed by atoms with van der Waals surface area (Å²) in [5.41, 5.74) is 7.03. The van der Waals surface area contributed by atoms with E-state index >= 15 is 0 Å². The quantitative estimate of drug-likeness (QED) is 0.802. The van der Waals surface area contributed by atoms with E-state index in [4.69, 9.17) is 10.5 Å². The predicted octanol–water partition coefficient (Wildman–Crippen LogP) is 2.68. The molecule has 0 saturated heterocycles. The average molecular weight is 262 g/mol. The molecule has 0 aromatic heterocycles. The van der Waals surface area contributed by atoms with Crippen molar-refractivity contribution in [3.05, 3.63) is 23.8 Å². The highest BCUT2D eigenvalue weighted by Crippen LogP contribution is 2.30. The molecule has 0 aliphatic heterocycles. The number of hydrogen-bond donors (Lipinski definition) is 1. The molecule has 0 bridgehead atoms. The average Bonchev–Trinajstić information content (AvgIpc) is 3.23. The van der Waals surface area contributed by atoms with Crippen molar-refractivity contribution in [1.29, 1.82) is 0 Å². The molecule has 0 unspecified atom stereocenters. The summed E-state index contributed by atoms with van der Waals surface area (Å²) in [7, 11) is 1.57. The van der Waals surface area contributed by atoms with Crippen LogP contribution in [-0.4, -0.2) is 30.5 Å². The fourth-order valence-electron chi connectivity index (χ4n) is 2.20. The molecule has 1 aliphatic carbocycles. The number of nitrogens with two attached hydrogens (primary N) is 1. The molecule has 1 fully saturated rings. The van der Waals surface area contributed by atoms with E-state index in [9.17, 15) is 4.79 Å². The van der Waals surface area contributed by atoms with Gasteiger partial charge in [0.05, 0.1) is 12.8 Å². The van der Waals surface area contributed by atoms with Gasteiger partial charge in [-0.3, -0.25) is 4.79 Å². The summed E-state index contributed by atoms with van der Waals surface area (Å²) in [4.78, 5) is 14.5. The zero-order chi connectivity index (χ0) is 13.8. The molecule has 0 atom stereocenters. The summed E-state index contributed by atoms with van der Waals surface area (Å²) in [5, 5.41) is 0. The van der Waals surface area contributed by atoms with E-state index in [0.717, 1.165) is 32.2 Å². The summed E-state index contributed by atoms with van der Waals surface area (Å²) in [6.07, 6.45) is 4.40. The number of hydrogen-bond acceptors (Lipinski definition) is 3. The van der Waals surface area contributed by atoms with Crippen LogP contribution in [-0.2, 0) is 0 Å². The van der Waals surface area contributed by atoms with Crippen LogP contribution < -0.4 is 10.5 Å². The third-order valence-corrected chi connectivity index (χ3v) is 3.48. The van der Waals surface area contributed by atoms with Gasteiger partial charge in [0.25, 0.3) is 5.91 Å². The molecule has 2 rings (SSSR count). The lowest BCUT2D eigenvalue weighted by molar-refractivity contribution is 0.0741. The molecule has 19 heavy (non-hydrogen) atoms. The van der Waals surface area contributed by atoms with Crippen LogP contribution in [0, 0.1) is 0 Å². The maximum Gasteiger partial charge on any atom is 0.254 e. The van der Waals surface area contributed by atoms with Gasteiger partial charge in [-0.05, 0) is 37.5 Å². The Morgan fingerprint density at radius 1 is 1.47 bits per heavy atom.